The molecule has 1 aliphatic heterocycles. The number of allylic oxidation sites excluding steroid dienone is 1. The molecular weight excluding hydrogens is 312 g/mol. The number of hydrogen-bond donors (Lipinski definition) is 2. The third-order valence-electron chi connectivity index (χ3n) is 4.23. The van der Waals surface area contributed by atoms with E-state index in [1.54, 1.807) is 12.1 Å². The molecule has 2 aromatic rings. The van der Waals surface area contributed by atoms with Crippen molar-refractivity contribution in [3.05, 3.63) is 76.9 Å². The SMILES string of the molecule is CC1=NC(c2ccc(CNCc3ccc(C(=O)CO)cc3)cc2)=CC1. The maximum Gasteiger partial charge on any atom is 0.188 e. The van der Waals surface area contributed by atoms with Crippen molar-refractivity contribution in [3.8, 4) is 0 Å². The molecule has 3 rings (SSSR count). The van der Waals surface area contributed by atoms with E-state index in [0.29, 0.717) is 5.56 Å². The monoisotopic (exact) mass is 334 g/mol. The number of carbonyl (C=O) groups is 1. The van der Waals surface area contributed by atoms with Gasteiger partial charge in [0.1, 0.15) is 6.61 Å². The van der Waals surface area contributed by atoms with E-state index < -0.39 is 6.61 Å². The van der Waals surface area contributed by atoms with Gasteiger partial charge >= 0.3 is 0 Å². The summed E-state index contributed by atoms with van der Waals surface area (Å²) in [6.45, 7) is 3.10. The normalized spacial score (nSPS) is 13.5. The Morgan fingerprint density at radius 1 is 1.04 bits per heavy atom. The molecule has 1 heterocycles. The van der Waals surface area contributed by atoms with Crippen LogP contribution in [0.15, 0.2) is 59.6 Å². The standard InChI is InChI=1S/C21H22N2O2/c1-15-2-11-20(23-15)18-7-3-16(4-8-18)12-22-13-17-5-9-19(10-6-17)21(25)14-24/h3-11,22,24H,2,12-14H2,1H3. The van der Waals surface area contributed by atoms with Crippen molar-refractivity contribution < 1.29 is 9.90 Å². The van der Waals surface area contributed by atoms with E-state index in [-0.39, 0.29) is 5.78 Å². The number of aliphatic imine (C=N–C) groups is 1. The predicted molar refractivity (Wildman–Crippen MR) is 101 cm³/mol. The zero-order valence-electron chi connectivity index (χ0n) is 14.3. The van der Waals surface area contributed by atoms with Crippen LogP contribution in [0, 0.1) is 0 Å². The summed E-state index contributed by atoms with van der Waals surface area (Å²) in [6.07, 6.45) is 3.11. The maximum atomic E-state index is 11.4. The van der Waals surface area contributed by atoms with E-state index in [9.17, 15) is 4.79 Å². The van der Waals surface area contributed by atoms with Gasteiger partial charge in [-0.3, -0.25) is 9.79 Å². The van der Waals surface area contributed by atoms with Crippen LogP contribution in [0.2, 0.25) is 0 Å². The van der Waals surface area contributed by atoms with Crippen LogP contribution in [0.1, 0.15) is 40.4 Å². The molecule has 2 aromatic carbocycles. The van der Waals surface area contributed by atoms with Crippen molar-refractivity contribution in [1.82, 2.24) is 5.32 Å². The summed E-state index contributed by atoms with van der Waals surface area (Å²) in [5, 5.41) is 12.3. The predicted octanol–water partition coefficient (Wildman–Crippen LogP) is 3.36. The van der Waals surface area contributed by atoms with Crippen LogP contribution < -0.4 is 5.32 Å². The molecule has 128 valence electrons. The van der Waals surface area contributed by atoms with Crippen molar-refractivity contribution in [2.75, 3.05) is 6.61 Å². The number of aliphatic hydroxyl groups is 1. The minimum absolute atomic E-state index is 0.253. The van der Waals surface area contributed by atoms with Crippen LogP contribution in [-0.4, -0.2) is 23.2 Å². The quantitative estimate of drug-likeness (QED) is 0.763. The van der Waals surface area contributed by atoms with E-state index in [2.05, 4.69) is 40.7 Å². The highest BCUT2D eigenvalue weighted by Crippen LogP contribution is 2.22. The molecule has 4 nitrogen and oxygen atoms in total. The van der Waals surface area contributed by atoms with Crippen molar-refractivity contribution in [3.63, 3.8) is 0 Å². The van der Waals surface area contributed by atoms with Gasteiger partial charge in [0.2, 0.25) is 0 Å². The second-order valence-corrected chi connectivity index (χ2v) is 6.22. The first-order valence-electron chi connectivity index (χ1n) is 8.43. The van der Waals surface area contributed by atoms with Crippen LogP contribution in [0.3, 0.4) is 0 Å². The van der Waals surface area contributed by atoms with Gasteiger partial charge in [-0.15, -0.1) is 0 Å². The molecule has 0 amide bonds. The molecule has 0 aliphatic carbocycles. The lowest BCUT2D eigenvalue weighted by Gasteiger charge is -2.07. The first kappa shape index (κ1) is 17.3. The van der Waals surface area contributed by atoms with E-state index in [1.165, 1.54) is 5.56 Å². The fourth-order valence-electron chi connectivity index (χ4n) is 2.77. The zero-order valence-corrected chi connectivity index (χ0v) is 14.3. The maximum absolute atomic E-state index is 11.4. The minimum Gasteiger partial charge on any atom is -0.388 e. The Morgan fingerprint density at radius 2 is 1.64 bits per heavy atom. The molecular formula is C21H22N2O2. The second-order valence-electron chi connectivity index (χ2n) is 6.22. The molecule has 0 fully saturated rings. The first-order chi connectivity index (χ1) is 12.2. The highest BCUT2D eigenvalue weighted by atomic mass is 16.3. The Morgan fingerprint density at radius 3 is 2.16 bits per heavy atom. The van der Waals surface area contributed by atoms with E-state index in [0.717, 1.165) is 42.0 Å². The third-order valence-corrected chi connectivity index (χ3v) is 4.23. The van der Waals surface area contributed by atoms with Gasteiger partial charge < -0.3 is 10.4 Å². The summed E-state index contributed by atoms with van der Waals surface area (Å²) >= 11 is 0. The Bertz CT molecular complexity index is 803. The molecule has 25 heavy (non-hydrogen) atoms. The number of ketones is 1. The summed E-state index contributed by atoms with van der Waals surface area (Å²) in [4.78, 5) is 15.9. The molecule has 0 aromatic heterocycles. The number of nitrogens with one attached hydrogen (secondary N) is 1. The molecule has 0 spiro atoms. The lowest BCUT2D eigenvalue weighted by atomic mass is 10.1. The van der Waals surface area contributed by atoms with Gasteiger partial charge in [-0.2, -0.15) is 0 Å². The Balaban J connectivity index is 1.51. The summed E-state index contributed by atoms with van der Waals surface area (Å²) in [7, 11) is 0. The number of carbonyl (C=O) groups excluding carboxylic acids is 1. The number of nitrogens with zero attached hydrogens (tertiary/aromatic N) is 1. The lowest BCUT2D eigenvalue weighted by molar-refractivity contribution is 0.0903. The van der Waals surface area contributed by atoms with Crippen molar-refractivity contribution in [2.45, 2.75) is 26.4 Å². The van der Waals surface area contributed by atoms with Gasteiger partial charge in [0.05, 0.1) is 5.70 Å². The summed E-state index contributed by atoms with van der Waals surface area (Å²) < 4.78 is 0. The van der Waals surface area contributed by atoms with E-state index in [1.807, 2.05) is 19.1 Å². The van der Waals surface area contributed by atoms with Crippen LogP contribution >= 0.6 is 0 Å². The average molecular weight is 334 g/mol. The Labute approximate surface area is 147 Å². The number of rotatable bonds is 7. The highest BCUT2D eigenvalue weighted by Gasteiger charge is 2.07. The van der Waals surface area contributed by atoms with Crippen LogP contribution in [0.25, 0.3) is 5.70 Å². The number of hydrogen-bond acceptors (Lipinski definition) is 4. The summed E-state index contributed by atoms with van der Waals surface area (Å²) in [5.41, 5.74) is 6.25. The Hall–Kier alpha value is -2.56. The molecule has 0 unspecified atom stereocenters. The van der Waals surface area contributed by atoms with Crippen LogP contribution in [0.5, 0.6) is 0 Å². The average Bonchev–Trinajstić information content (AvgIpc) is 3.08. The summed E-state index contributed by atoms with van der Waals surface area (Å²) in [5.74, 6) is -0.253. The van der Waals surface area contributed by atoms with E-state index in [4.69, 9.17) is 5.11 Å². The lowest BCUT2D eigenvalue weighted by Crippen LogP contribution is -2.13. The number of aliphatic hydroxyl groups excluding tert-OH is 1. The number of benzene rings is 2. The van der Waals surface area contributed by atoms with Crippen LogP contribution in [0.4, 0.5) is 0 Å². The van der Waals surface area contributed by atoms with Gasteiger partial charge in [-0.05, 0) is 23.6 Å². The van der Waals surface area contributed by atoms with Gasteiger partial charge in [0.25, 0.3) is 0 Å². The van der Waals surface area contributed by atoms with Crippen molar-refractivity contribution in [2.24, 2.45) is 4.99 Å². The van der Waals surface area contributed by atoms with Gasteiger partial charge in [-0.1, -0.05) is 54.6 Å². The van der Waals surface area contributed by atoms with Gasteiger partial charge in [0, 0.05) is 30.8 Å². The van der Waals surface area contributed by atoms with Crippen molar-refractivity contribution in [1.29, 1.82) is 0 Å². The molecule has 2 N–H and O–H groups in total. The van der Waals surface area contributed by atoms with Gasteiger partial charge in [-0.25, -0.2) is 0 Å². The van der Waals surface area contributed by atoms with Crippen molar-refractivity contribution >= 4 is 17.2 Å². The third kappa shape index (κ3) is 4.50. The highest BCUT2D eigenvalue weighted by molar-refractivity contribution is 5.96. The number of Topliss-reactive ketones (excluding diaryl/α,β-unsaturated/α-hetero) is 1. The van der Waals surface area contributed by atoms with Crippen LogP contribution in [-0.2, 0) is 13.1 Å². The van der Waals surface area contributed by atoms with Gasteiger partial charge in [0.15, 0.2) is 5.78 Å². The largest absolute Gasteiger partial charge is 0.388 e. The topological polar surface area (TPSA) is 61.7 Å². The molecule has 0 bridgehead atoms. The Kier molecular flexibility index (Phi) is 5.53. The minimum atomic E-state index is -0.449. The fourth-order valence-corrected chi connectivity index (χ4v) is 2.77. The molecule has 0 saturated heterocycles. The first-order valence-corrected chi connectivity index (χ1v) is 8.43. The molecule has 0 atom stereocenters. The molecule has 0 radical (unpaired) electrons. The molecule has 0 saturated carbocycles. The zero-order chi connectivity index (χ0) is 17.6. The fraction of sp³-hybridized carbons (Fsp3) is 0.238. The molecule has 4 heteroatoms. The molecule has 1 aliphatic rings. The van der Waals surface area contributed by atoms with E-state index >= 15 is 0 Å². The summed E-state index contributed by atoms with van der Waals surface area (Å²) in [6, 6.07) is 15.8. The second kappa shape index (κ2) is 8.01. The smallest absolute Gasteiger partial charge is 0.188 e.